The van der Waals surface area contributed by atoms with Crippen molar-refractivity contribution in [2.75, 3.05) is 19.7 Å². The summed E-state index contributed by atoms with van der Waals surface area (Å²) in [5.74, 6) is 1.25. The Labute approximate surface area is 207 Å². The van der Waals surface area contributed by atoms with Crippen molar-refractivity contribution in [2.24, 2.45) is 5.92 Å². The van der Waals surface area contributed by atoms with Gasteiger partial charge < -0.3 is 14.6 Å². The molecular weight excluding hydrogens is 445 g/mol. The molecule has 1 saturated carbocycles. The molecule has 6 nitrogen and oxygen atoms in total. The quantitative estimate of drug-likeness (QED) is 0.392. The molecule has 0 saturated heterocycles. The molecule has 0 radical (unpaired) electrons. The summed E-state index contributed by atoms with van der Waals surface area (Å²) >= 11 is 0. The minimum Gasteiger partial charge on any atom is -0.438 e. The van der Waals surface area contributed by atoms with Gasteiger partial charge in [-0.25, -0.2) is 9.07 Å². The van der Waals surface area contributed by atoms with Crippen molar-refractivity contribution in [1.82, 2.24) is 14.7 Å². The van der Waals surface area contributed by atoms with Gasteiger partial charge in [0.2, 0.25) is 5.88 Å². The number of halogens is 1. The zero-order valence-corrected chi connectivity index (χ0v) is 21.1. The normalized spacial score (nSPS) is 14.9. The number of benzene rings is 2. The van der Waals surface area contributed by atoms with Gasteiger partial charge in [0.25, 0.3) is 0 Å². The Kier molecular flexibility index (Phi) is 7.89. The van der Waals surface area contributed by atoms with Crippen LogP contribution in [-0.2, 0) is 11.3 Å². The number of aliphatic hydroxyl groups is 1. The fraction of sp³-hybridized carbons (Fsp3) is 0.464. The Balaban J connectivity index is 1.62. The van der Waals surface area contributed by atoms with Gasteiger partial charge in [0.1, 0.15) is 11.6 Å². The topological polar surface area (TPSA) is 59.8 Å². The van der Waals surface area contributed by atoms with Gasteiger partial charge >= 0.3 is 0 Å². The maximum absolute atomic E-state index is 13.9. The van der Waals surface area contributed by atoms with Crippen molar-refractivity contribution in [1.29, 1.82) is 0 Å². The van der Waals surface area contributed by atoms with Crippen LogP contribution >= 0.6 is 0 Å². The van der Waals surface area contributed by atoms with Crippen LogP contribution in [0.25, 0.3) is 5.69 Å². The highest BCUT2D eigenvalue weighted by molar-refractivity contribution is 5.43. The van der Waals surface area contributed by atoms with Crippen molar-refractivity contribution in [3.63, 3.8) is 0 Å². The van der Waals surface area contributed by atoms with Gasteiger partial charge in [-0.05, 0) is 70.7 Å². The summed E-state index contributed by atoms with van der Waals surface area (Å²) in [5, 5.41) is 15.5. The Bertz CT molecular complexity index is 1110. The largest absolute Gasteiger partial charge is 0.438 e. The molecular formula is C28H36FN3O3. The van der Waals surface area contributed by atoms with E-state index in [4.69, 9.17) is 14.6 Å². The zero-order chi connectivity index (χ0) is 25.0. The first-order chi connectivity index (χ1) is 16.7. The number of aliphatic hydroxyl groups excluding tert-OH is 1. The van der Waals surface area contributed by atoms with E-state index in [2.05, 4.69) is 4.90 Å². The molecule has 7 heteroatoms. The number of aryl methyl sites for hydroxylation is 1. The highest BCUT2D eigenvalue weighted by Gasteiger charge is 2.28. The second-order valence-electron chi connectivity index (χ2n) is 10.4. The molecule has 3 aromatic rings. The average Bonchev–Trinajstić information content (AvgIpc) is 3.57. The Morgan fingerprint density at radius 3 is 2.54 bits per heavy atom. The Morgan fingerprint density at radius 2 is 1.89 bits per heavy atom. The van der Waals surface area contributed by atoms with Crippen LogP contribution in [0.2, 0.25) is 0 Å². The van der Waals surface area contributed by atoms with Crippen molar-refractivity contribution in [3.8, 4) is 17.3 Å². The van der Waals surface area contributed by atoms with Crippen LogP contribution < -0.4 is 4.74 Å². The van der Waals surface area contributed by atoms with Crippen LogP contribution in [-0.4, -0.2) is 51.2 Å². The zero-order valence-electron chi connectivity index (χ0n) is 21.1. The van der Waals surface area contributed by atoms with E-state index in [1.165, 1.54) is 25.0 Å². The van der Waals surface area contributed by atoms with E-state index in [9.17, 15) is 9.50 Å². The lowest BCUT2D eigenvalue weighted by Crippen LogP contribution is -2.37. The summed E-state index contributed by atoms with van der Waals surface area (Å²) in [5.41, 5.74) is 2.31. The first kappa shape index (κ1) is 25.4. The molecule has 2 aromatic carbocycles. The number of hydrogen-bond acceptors (Lipinski definition) is 5. The molecule has 1 atom stereocenters. The van der Waals surface area contributed by atoms with Crippen molar-refractivity contribution in [3.05, 3.63) is 71.7 Å². The van der Waals surface area contributed by atoms with Crippen molar-refractivity contribution in [2.45, 2.75) is 58.8 Å². The smallest absolute Gasteiger partial charge is 0.227 e. The van der Waals surface area contributed by atoms with Crippen LogP contribution in [0, 0.1) is 18.7 Å². The molecule has 0 aliphatic heterocycles. The number of rotatable bonds is 11. The van der Waals surface area contributed by atoms with E-state index in [-0.39, 0.29) is 18.0 Å². The average molecular weight is 482 g/mol. The van der Waals surface area contributed by atoms with Gasteiger partial charge in [0.15, 0.2) is 0 Å². The summed E-state index contributed by atoms with van der Waals surface area (Å²) in [6, 6.07) is 15.9. The predicted octanol–water partition coefficient (Wildman–Crippen LogP) is 5.50. The minimum atomic E-state index is -0.606. The van der Waals surface area contributed by atoms with Crippen LogP contribution in [0.1, 0.15) is 44.9 Å². The number of aromatic nitrogens is 2. The highest BCUT2D eigenvalue weighted by Crippen LogP contribution is 2.34. The van der Waals surface area contributed by atoms with E-state index in [1.807, 2.05) is 58.0 Å². The van der Waals surface area contributed by atoms with Gasteiger partial charge in [-0.3, -0.25) is 4.90 Å². The SMILES string of the molecule is Cc1nn(-c2ccccc2)c(Oc2cccc(F)c2)c1CN(CC(O)COC(C)(C)C)CC1CC1. The standard InChI is InChI=1S/C28H36FN3O3/c1-20-26(18-31(16-21-13-14-21)17-24(33)19-34-28(2,3)4)27(35-25-12-8-9-22(29)15-25)32(30-20)23-10-6-5-7-11-23/h5-12,15,21,24,33H,13-14,16-19H2,1-4H3. The maximum atomic E-state index is 13.9. The second kappa shape index (κ2) is 10.9. The van der Waals surface area contributed by atoms with Gasteiger partial charge in [0, 0.05) is 25.7 Å². The fourth-order valence-electron chi connectivity index (χ4n) is 4.00. The van der Waals surface area contributed by atoms with E-state index in [0.717, 1.165) is 23.5 Å². The number of ether oxygens (including phenoxy) is 2. The number of nitrogens with zero attached hydrogens (tertiary/aromatic N) is 3. The van der Waals surface area contributed by atoms with Gasteiger partial charge in [-0.1, -0.05) is 24.3 Å². The molecule has 1 aliphatic carbocycles. The second-order valence-corrected chi connectivity index (χ2v) is 10.4. The summed E-state index contributed by atoms with van der Waals surface area (Å²) < 4.78 is 27.7. The van der Waals surface area contributed by atoms with Crippen LogP contribution in [0.4, 0.5) is 4.39 Å². The Hall–Kier alpha value is -2.74. The van der Waals surface area contributed by atoms with Crippen LogP contribution in [0.15, 0.2) is 54.6 Å². The molecule has 1 N–H and O–H groups in total. The van der Waals surface area contributed by atoms with E-state index >= 15 is 0 Å². The molecule has 0 amide bonds. The third-order valence-electron chi connectivity index (χ3n) is 5.92. The fourth-order valence-corrected chi connectivity index (χ4v) is 4.00. The summed E-state index contributed by atoms with van der Waals surface area (Å²) in [6.07, 6.45) is 1.81. The molecule has 1 heterocycles. The first-order valence-electron chi connectivity index (χ1n) is 12.3. The molecule has 1 aliphatic rings. The van der Waals surface area contributed by atoms with E-state index in [1.54, 1.807) is 16.8 Å². The lowest BCUT2D eigenvalue weighted by Gasteiger charge is -2.27. The molecule has 0 spiro atoms. The molecule has 4 rings (SSSR count). The lowest BCUT2D eigenvalue weighted by atomic mass is 10.2. The molecule has 35 heavy (non-hydrogen) atoms. The minimum absolute atomic E-state index is 0.277. The van der Waals surface area contributed by atoms with Crippen molar-refractivity contribution >= 4 is 0 Å². The molecule has 1 unspecified atom stereocenters. The first-order valence-corrected chi connectivity index (χ1v) is 12.3. The van der Waals surface area contributed by atoms with E-state index < -0.39 is 6.10 Å². The monoisotopic (exact) mass is 481 g/mol. The molecule has 1 fully saturated rings. The molecule has 188 valence electrons. The van der Waals surface area contributed by atoms with Gasteiger partial charge in [-0.2, -0.15) is 5.10 Å². The van der Waals surface area contributed by atoms with E-state index in [0.29, 0.717) is 30.6 Å². The van der Waals surface area contributed by atoms with Gasteiger partial charge in [-0.15, -0.1) is 0 Å². The lowest BCUT2D eigenvalue weighted by molar-refractivity contribution is -0.0569. The van der Waals surface area contributed by atoms with Crippen LogP contribution in [0.3, 0.4) is 0 Å². The third-order valence-corrected chi connectivity index (χ3v) is 5.92. The highest BCUT2D eigenvalue weighted by atomic mass is 19.1. The summed E-state index contributed by atoms with van der Waals surface area (Å²) in [4.78, 5) is 2.26. The Morgan fingerprint density at radius 1 is 1.14 bits per heavy atom. The number of para-hydroxylation sites is 1. The number of hydrogen-bond donors (Lipinski definition) is 1. The maximum Gasteiger partial charge on any atom is 0.227 e. The summed E-state index contributed by atoms with van der Waals surface area (Å²) in [7, 11) is 0. The predicted molar refractivity (Wildman–Crippen MR) is 134 cm³/mol. The van der Waals surface area contributed by atoms with Crippen molar-refractivity contribution < 1.29 is 19.0 Å². The third kappa shape index (κ3) is 7.37. The summed E-state index contributed by atoms with van der Waals surface area (Å²) in [6.45, 7) is 10.1. The van der Waals surface area contributed by atoms with Crippen LogP contribution in [0.5, 0.6) is 11.6 Å². The molecule has 0 bridgehead atoms. The van der Waals surface area contributed by atoms with Gasteiger partial charge in [0.05, 0.1) is 35.3 Å². The molecule has 1 aromatic heterocycles.